The van der Waals surface area contributed by atoms with E-state index in [1.165, 1.54) is 7.11 Å². The van der Waals surface area contributed by atoms with Crippen molar-refractivity contribution >= 4 is 17.7 Å². The number of aliphatic carboxylic acids is 1. The molecule has 7 heteroatoms. The zero-order chi connectivity index (χ0) is 11.9. The van der Waals surface area contributed by atoms with Gasteiger partial charge in [0, 0.05) is 13.7 Å². The second kappa shape index (κ2) is 6.95. The maximum atomic E-state index is 12.3. The van der Waals surface area contributed by atoms with E-state index in [4.69, 9.17) is 5.11 Å². The van der Waals surface area contributed by atoms with Gasteiger partial charge in [-0.2, -0.15) is 13.2 Å². The average molecular weight is 246 g/mol. The summed E-state index contributed by atoms with van der Waals surface area (Å²) in [7, 11) is 1.46. The highest BCUT2D eigenvalue weighted by Gasteiger charge is 2.41. The smallest absolute Gasteiger partial charge is 0.401 e. The Hall–Kier alpha value is -0.430. The van der Waals surface area contributed by atoms with E-state index in [-0.39, 0.29) is 5.75 Å². The molecule has 0 radical (unpaired) electrons. The van der Waals surface area contributed by atoms with Crippen molar-refractivity contribution in [2.75, 3.05) is 19.5 Å². The molecule has 0 bridgehead atoms. The van der Waals surface area contributed by atoms with Crippen LogP contribution in [0.25, 0.3) is 0 Å². The Balaban J connectivity index is 3.97. The maximum absolute atomic E-state index is 12.3. The van der Waals surface area contributed by atoms with E-state index in [2.05, 4.69) is 4.74 Å². The number of carboxylic acid groups (broad SMARTS) is 1. The molecule has 0 saturated carbocycles. The van der Waals surface area contributed by atoms with Crippen molar-refractivity contribution in [3.8, 4) is 0 Å². The number of hydrogen-bond acceptors (Lipinski definition) is 3. The van der Waals surface area contributed by atoms with Crippen molar-refractivity contribution < 1.29 is 27.8 Å². The molecule has 1 unspecified atom stereocenters. The highest BCUT2D eigenvalue weighted by molar-refractivity contribution is 8.00. The molecule has 0 spiro atoms. The van der Waals surface area contributed by atoms with E-state index in [0.29, 0.717) is 24.8 Å². The van der Waals surface area contributed by atoms with Gasteiger partial charge in [0.2, 0.25) is 0 Å². The van der Waals surface area contributed by atoms with Gasteiger partial charge in [-0.05, 0) is 12.2 Å². The number of carboxylic acids is 1. The quantitative estimate of drug-likeness (QED) is 0.699. The number of methoxy groups -OCH3 is 1. The van der Waals surface area contributed by atoms with E-state index in [9.17, 15) is 18.0 Å². The number of carbonyl (C=O) groups is 1. The summed E-state index contributed by atoms with van der Waals surface area (Å²) in [5.41, 5.74) is 0. The number of ether oxygens (including phenoxy) is 1. The van der Waals surface area contributed by atoms with Crippen LogP contribution in [-0.4, -0.2) is 42.0 Å². The third-order valence-electron chi connectivity index (χ3n) is 1.54. The van der Waals surface area contributed by atoms with Crippen LogP contribution in [-0.2, 0) is 9.53 Å². The molecule has 0 fully saturated rings. The fraction of sp³-hybridized carbons (Fsp3) is 0.875. The first-order valence-electron chi connectivity index (χ1n) is 4.27. The Morgan fingerprint density at radius 2 is 2.13 bits per heavy atom. The van der Waals surface area contributed by atoms with Crippen LogP contribution in [0.15, 0.2) is 0 Å². The van der Waals surface area contributed by atoms with E-state index in [1.54, 1.807) is 0 Å². The maximum Gasteiger partial charge on any atom is 0.401 e. The van der Waals surface area contributed by atoms with E-state index in [0.717, 1.165) is 0 Å². The molecule has 0 aromatic heterocycles. The first-order chi connectivity index (χ1) is 6.88. The molecule has 0 aliphatic carbocycles. The van der Waals surface area contributed by atoms with Gasteiger partial charge in [-0.15, -0.1) is 11.8 Å². The van der Waals surface area contributed by atoms with Crippen molar-refractivity contribution in [2.45, 2.75) is 24.3 Å². The SMILES string of the molecule is COCCCSC(CC(=O)O)C(F)(F)F. The molecule has 1 N–H and O–H groups in total. The summed E-state index contributed by atoms with van der Waals surface area (Å²) in [5.74, 6) is -1.19. The minimum Gasteiger partial charge on any atom is -0.481 e. The largest absolute Gasteiger partial charge is 0.481 e. The summed E-state index contributed by atoms with van der Waals surface area (Å²) < 4.78 is 41.5. The lowest BCUT2D eigenvalue weighted by Crippen LogP contribution is -2.28. The van der Waals surface area contributed by atoms with Crippen molar-refractivity contribution in [3.63, 3.8) is 0 Å². The number of thioether (sulfide) groups is 1. The lowest BCUT2D eigenvalue weighted by atomic mass is 10.3. The summed E-state index contributed by atoms with van der Waals surface area (Å²) >= 11 is 0.611. The first-order valence-corrected chi connectivity index (χ1v) is 5.32. The Morgan fingerprint density at radius 3 is 2.53 bits per heavy atom. The van der Waals surface area contributed by atoms with Crippen LogP contribution >= 0.6 is 11.8 Å². The van der Waals surface area contributed by atoms with Gasteiger partial charge >= 0.3 is 12.1 Å². The van der Waals surface area contributed by atoms with Crippen LogP contribution in [0, 0.1) is 0 Å². The van der Waals surface area contributed by atoms with Crippen LogP contribution in [0.4, 0.5) is 13.2 Å². The van der Waals surface area contributed by atoms with E-state index in [1.807, 2.05) is 0 Å². The molecule has 3 nitrogen and oxygen atoms in total. The molecule has 0 aromatic rings. The van der Waals surface area contributed by atoms with Crippen LogP contribution in [0.2, 0.25) is 0 Å². The summed E-state index contributed by atoms with van der Waals surface area (Å²) in [5, 5.41) is 6.48. The highest BCUT2D eigenvalue weighted by Crippen LogP contribution is 2.33. The Morgan fingerprint density at radius 1 is 1.53 bits per heavy atom. The lowest BCUT2D eigenvalue weighted by Gasteiger charge is -2.17. The zero-order valence-corrected chi connectivity index (χ0v) is 9.03. The molecule has 0 aliphatic heterocycles. The Bertz CT molecular complexity index is 196. The molecular weight excluding hydrogens is 233 g/mol. The number of rotatable bonds is 7. The molecule has 15 heavy (non-hydrogen) atoms. The van der Waals surface area contributed by atoms with Crippen LogP contribution in [0.3, 0.4) is 0 Å². The predicted octanol–water partition coefficient (Wildman–Crippen LogP) is 2.16. The van der Waals surface area contributed by atoms with Gasteiger partial charge in [0.15, 0.2) is 0 Å². The second-order valence-corrected chi connectivity index (χ2v) is 4.16. The first kappa shape index (κ1) is 14.6. The van der Waals surface area contributed by atoms with Gasteiger partial charge in [0.25, 0.3) is 0 Å². The number of halogens is 3. The van der Waals surface area contributed by atoms with Gasteiger partial charge in [0.05, 0.1) is 6.42 Å². The molecule has 0 saturated heterocycles. The summed E-state index contributed by atoms with van der Waals surface area (Å²) in [6.07, 6.45) is -4.87. The molecule has 0 amide bonds. The van der Waals surface area contributed by atoms with Crippen LogP contribution in [0.5, 0.6) is 0 Å². The van der Waals surface area contributed by atoms with Gasteiger partial charge in [-0.25, -0.2) is 0 Å². The Labute approximate surface area is 90.0 Å². The van der Waals surface area contributed by atoms with Crippen molar-refractivity contribution in [1.82, 2.24) is 0 Å². The number of hydrogen-bond donors (Lipinski definition) is 1. The monoisotopic (exact) mass is 246 g/mol. The van der Waals surface area contributed by atoms with Crippen molar-refractivity contribution in [2.24, 2.45) is 0 Å². The Kier molecular flexibility index (Phi) is 6.75. The molecule has 0 rings (SSSR count). The highest BCUT2D eigenvalue weighted by atomic mass is 32.2. The molecule has 0 aliphatic rings. The van der Waals surface area contributed by atoms with Crippen molar-refractivity contribution in [1.29, 1.82) is 0 Å². The van der Waals surface area contributed by atoms with Crippen LogP contribution in [0.1, 0.15) is 12.8 Å². The topological polar surface area (TPSA) is 46.5 Å². The average Bonchev–Trinajstić information content (AvgIpc) is 2.08. The zero-order valence-electron chi connectivity index (χ0n) is 8.21. The second-order valence-electron chi connectivity index (χ2n) is 2.85. The normalized spacial score (nSPS) is 13.9. The molecule has 0 heterocycles. The summed E-state index contributed by atoms with van der Waals surface area (Å²) in [4.78, 5) is 10.2. The fourth-order valence-corrected chi connectivity index (χ4v) is 1.88. The van der Waals surface area contributed by atoms with E-state index >= 15 is 0 Å². The molecule has 0 aromatic carbocycles. The standard InChI is InChI=1S/C8H13F3O3S/c1-14-3-2-4-15-6(5-7(12)13)8(9,10)11/h6H,2-5H2,1H3,(H,12,13). The molecular formula is C8H13F3O3S. The third kappa shape index (κ3) is 7.49. The predicted molar refractivity (Wildman–Crippen MR) is 51.0 cm³/mol. The minimum atomic E-state index is -4.46. The fourth-order valence-electron chi connectivity index (χ4n) is 0.857. The van der Waals surface area contributed by atoms with Gasteiger partial charge < -0.3 is 9.84 Å². The van der Waals surface area contributed by atoms with E-state index < -0.39 is 23.8 Å². The molecule has 1 atom stereocenters. The van der Waals surface area contributed by atoms with Crippen molar-refractivity contribution in [3.05, 3.63) is 0 Å². The summed E-state index contributed by atoms with van der Waals surface area (Å²) in [6.45, 7) is 0.380. The third-order valence-corrected chi connectivity index (χ3v) is 2.90. The summed E-state index contributed by atoms with van der Waals surface area (Å²) in [6, 6.07) is 0. The number of alkyl halides is 3. The van der Waals surface area contributed by atoms with Gasteiger partial charge in [-0.1, -0.05) is 0 Å². The van der Waals surface area contributed by atoms with Gasteiger partial charge in [0.1, 0.15) is 5.25 Å². The minimum absolute atomic E-state index is 0.241. The van der Waals surface area contributed by atoms with Crippen LogP contribution < -0.4 is 0 Å². The molecule has 90 valence electrons. The van der Waals surface area contributed by atoms with Gasteiger partial charge in [-0.3, -0.25) is 4.79 Å². The lowest BCUT2D eigenvalue weighted by molar-refractivity contribution is -0.149.